The van der Waals surface area contributed by atoms with E-state index in [2.05, 4.69) is 15.8 Å². The van der Waals surface area contributed by atoms with Gasteiger partial charge in [0.05, 0.1) is 16.7 Å². The van der Waals surface area contributed by atoms with Crippen molar-refractivity contribution in [1.82, 2.24) is 9.97 Å². The predicted molar refractivity (Wildman–Crippen MR) is 129 cm³/mol. The summed E-state index contributed by atoms with van der Waals surface area (Å²) in [5, 5.41) is 0. The number of fused-ring (bicyclic) bond motifs is 1. The van der Waals surface area contributed by atoms with Crippen LogP contribution in [0, 0.1) is 6.92 Å². The normalized spacial score (nSPS) is 14.2. The summed E-state index contributed by atoms with van der Waals surface area (Å²) in [6.45, 7) is 1.57. The Labute approximate surface area is 203 Å². The number of nitrogens with two attached hydrogens (primary N) is 1. The molecule has 9 heteroatoms. The van der Waals surface area contributed by atoms with Gasteiger partial charge in [-0.3, -0.25) is 4.79 Å². The SMILES string of the molecule is Cc1cc(-c2ccc(Cc3nc4c(C5CCC5)cccc4nc3C(N)=O)s2)ccc1OC(F)(F)F. The molecule has 0 radical (unpaired) electrons. The lowest BCUT2D eigenvalue weighted by Gasteiger charge is -2.26. The molecule has 0 aliphatic heterocycles. The van der Waals surface area contributed by atoms with Gasteiger partial charge in [-0.15, -0.1) is 24.5 Å². The Morgan fingerprint density at radius 2 is 1.94 bits per heavy atom. The maximum atomic E-state index is 12.6. The van der Waals surface area contributed by atoms with Gasteiger partial charge in [-0.05, 0) is 78.8 Å². The van der Waals surface area contributed by atoms with Gasteiger partial charge in [0.1, 0.15) is 5.75 Å². The van der Waals surface area contributed by atoms with Crippen molar-refractivity contribution >= 4 is 28.3 Å². The maximum absolute atomic E-state index is 12.6. The number of halogens is 3. The van der Waals surface area contributed by atoms with Crippen molar-refractivity contribution < 1.29 is 22.7 Å². The van der Waals surface area contributed by atoms with Crippen LogP contribution in [0.15, 0.2) is 48.5 Å². The number of ether oxygens (including phenoxy) is 1. The highest BCUT2D eigenvalue weighted by Gasteiger charge is 2.31. The molecule has 1 aliphatic rings. The van der Waals surface area contributed by atoms with E-state index in [0.29, 0.717) is 29.1 Å². The van der Waals surface area contributed by atoms with E-state index in [4.69, 9.17) is 10.7 Å². The fourth-order valence-corrected chi connectivity index (χ4v) is 5.35. The summed E-state index contributed by atoms with van der Waals surface area (Å²) in [4.78, 5) is 23.4. The van der Waals surface area contributed by atoms with E-state index in [1.807, 2.05) is 24.3 Å². The number of para-hydroxylation sites is 1. The number of benzene rings is 2. The molecule has 2 aromatic carbocycles. The molecule has 5 nitrogen and oxygen atoms in total. The number of thiophene rings is 1. The first-order valence-corrected chi connectivity index (χ1v) is 12.0. The van der Waals surface area contributed by atoms with E-state index in [0.717, 1.165) is 39.2 Å². The van der Waals surface area contributed by atoms with Gasteiger partial charge < -0.3 is 10.5 Å². The van der Waals surface area contributed by atoms with E-state index < -0.39 is 12.3 Å². The zero-order valence-electron chi connectivity index (χ0n) is 18.9. The summed E-state index contributed by atoms with van der Waals surface area (Å²) in [6, 6.07) is 14.3. The molecule has 1 saturated carbocycles. The molecule has 4 aromatic rings. The second-order valence-electron chi connectivity index (χ2n) is 8.70. The van der Waals surface area contributed by atoms with Crippen molar-refractivity contribution in [2.75, 3.05) is 0 Å². The molecule has 35 heavy (non-hydrogen) atoms. The third-order valence-electron chi connectivity index (χ3n) is 6.27. The lowest BCUT2D eigenvalue weighted by molar-refractivity contribution is -0.274. The number of hydrogen-bond donors (Lipinski definition) is 1. The number of primary amides is 1. The molecule has 1 aliphatic carbocycles. The topological polar surface area (TPSA) is 78.1 Å². The Morgan fingerprint density at radius 1 is 1.14 bits per heavy atom. The smallest absolute Gasteiger partial charge is 0.406 e. The van der Waals surface area contributed by atoms with Crippen LogP contribution in [0.4, 0.5) is 13.2 Å². The fourth-order valence-electron chi connectivity index (χ4n) is 4.34. The Hall–Kier alpha value is -3.46. The summed E-state index contributed by atoms with van der Waals surface area (Å²) in [7, 11) is 0. The standard InChI is InChI=1S/C26H22F3N3O2S/c1-14-12-16(8-10-21(14)34-26(27,28)29)22-11-9-17(35-22)13-20-24(25(30)33)31-19-7-3-6-18(23(19)32-20)15-4-2-5-15/h3,6-12,15H,2,4-5,13H2,1H3,(H2,30,33). The lowest BCUT2D eigenvalue weighted by Crippen LogP contribution is -2.18. The number of amides is 1. The van der Waals surface area contributed by atoms with Gasteiger partial charge in [-0.25, -0.2) is 9.97 Å². The molecule has 0 unspecified atom stereocenters. The minimum absolute atomic E-state index is 0.155. The van der Waals surface area contributed by atoms with Crippen molar-refractivity contribution in [3.8, 4) is 16.2 Å². The minimum Gasteiger partial charge on any atom is -0.406 e. The molecular formula is C26H22F3N3O2S. The van der Waals surface area contributed by atoms with Crippen LogP contribution < -0.4 is 10.5 Å². The summed E-state index contributed by atoms with van der Waals surface area (Å²) in [5.41, 5.74) is 10.1. The van der Waals surface area contributed by atoms with E-state index in [1.165, 1.54) is 23.8 Å². The molecule has 1 fully saturated rings. The first-order valence-electron chi connectivity index (χ1n) is 11.2. The number of nitrogens with zero attached hydrogens (tertiary/aromatic N) is 2. The first kappa shape index (κ1) is 23.3. The Morgan fingerprint density at radius 3 is 2.60 bits per heavy atom. The summed E-state index contributed by atoms with van der Waals surface area (Å²) < 4.78 is 41.8. The Balaban J connectivity index is 1.46. The van der Waals surface area contributed by atoms with E-state index in [9.17, 15) is 18.0 Å². The van der Waals surface area contributed by atoms with E-state index >= 15 is 0 Å². The highest BCUT2D eigenvalue weighted by Crippen LogP contribution is 2.39. The van der Waals surface area contributed by atoms with Crippen LogP contribution in [0.5, 0.6) is 5.75 Å². The van der Waals surface area contributed by atoms with Gasteiger partial charge in [0.2, 0.25) is 0 Å². The van der Waals surface area contributed by atoms with Crippen molar-refractivity contribution in [2.45, 2.75) is 44.9 Å². The molecule has 2 aromatic heterocycles. The molecule has 1 amide bonds. The third kappa shape index (κ3) is 4.86. The quantitative estimate of drug-likeness (QED) is 0.329. The average Bonchev–Trinajstić information content (AvgIpc) is 3.21. The second-order valence-corrected chi connectivity index (χ2v) is 9.87. The minimum atomic E-state index is -4.74. The van der Waals surface area contributed by atoms with Crippen molar-refractivity contribution in [2.24, 2.45) is 5.73 Å². The van der Waals surface area contributed by atoms with Crippen LogP contribution in [-0.2, 0) is 6.42 Å². The largest absolute Gasteiger partial charge is 0.573 e. The van der Waals surface area contributed by atoms with Gasteiger partial charge in [-0.2, -0.15) is 0 Å². The van der Waals surface area contributed by atoms with Crippen LogP contribution in [0.2, 0.25) is 0 Å². The molecule has 2 N–H and O–H groups in total. The first-order chi connectivity index (χ1) is 16.7. The average molecular weight is 498 g/mol. The maximum Gasteiger partial charge on any atom is 0.573 e. The van der Waals surface area contributed by atoms with Crippen LogP contribution in [0.25, 0.3) is 21.5 Å². The Bertz CT molecular complexity index is 1430. The van der Waals surface area contributed by atoms with E-state index in [-0.39, 0.29) is 11.4 Å². The molecule has 0 saturated heterocycles. The number of rotatable bonds is 6. The number of alkyl halides is 3. The van der Waals surface area contributed by atoms with Crippen LogP contribution in [0.3, 0.4) is 0 Å². The highest BCUT2D eigenvalue weighted by atomic mass is 32.1. The van der Waals surface area contributed by atoms with Gasteiger partial charge in [0.15, 0.2) is 5.69 Å². The highest BCUT2D eigenvalue weighted by molar-refractivity contribution is 7.15. The monoisotopic (exact) mass is 497 g/mol. The predicted octanol–water partition coefficient (Wildman–Crippen LogP) is 6.52. The third-order valence-corrected chi connectivity index (χ3v) is 7.40. The summed E-state index contributed by atoms with van der Waals surface area (Å²) >= 11 is 1.48. The molecule has 2 heterocycles. The molecular weight excluding hydrogens is 475 g/mol. The van der Waals surface area contributed by atoms with Gasteiger partial charge in [-0.1, -0.05) is 18.6 Å². The van der Waals surface area contributed by atoms with Crippen LogP contribution in [-0.4, -0.2) is 22.2 Å². The van der Waals surface area contributed by atoms with Crippen LogP contribution >= 0.6 is 11.3 Å². The number of aryl methyl sites for hydroxylation is 1. The number of carbonyl (C=O) groups is 1. The zero-order valence-corrected chi connectivity index (χ0v) is 19.7. The zero-order chi connectivity index (χ0) is 24.7. The van der Waals surface area contributed by atoms with Crippen molar-refractivity contribution in [3.63, 3.8) is 0 Å². The van der Waals surface area contributed by atoms with Crippen molar-refractivity contribution in [3.05, 3.63) is 75.9 Å². The molecule has 5 rings (SSSR count). The van der Waals surface area contributed by atoms with Gasteiger partial charge >= 0.3 is 6.36 Å². The number of aromatic nitrogens is 2. The van der Waals surface area contributed by atoms with Gasteiger partial charge in [0, 0.05) is 16.2 Å². The molecule has 180 valence electrons. The van der Waals surface area contributed by atoms with Gasteiger partial charge in [0.25, 0.3) is 5.91 Å². The Kier molecular flexibility index (Phi) is 5.96. The number of hydrogen-bond acceptors (Lipinski definition) is 5. The summed E-state index contributed by atoms with van der Waals surface area (Å²) in [6.07, 6.45) is -0.928. The summed E-state index contributed by atoms with van der Waals surface area (Å²) in [5.74, 6) is -0.393. The number of carbonyl (C=O) groups excluding carboxylic acids is 1. The lowest BCUT2D eigenvalue weighted by atomic mass is 9.79. The van der Waals surface area contributed by atoms with Crippen LogP contribution in [0.1, 0.15) is 57.4 Å². The van der Waals surface area contributed by atoms with Crippen molar-refractivity contribution in [1.29, 1.82) is 0 Å². The molecule has 0 spiro atoms. The van der Waals surface area contributed by atoms with E-state index in [1.54, 1.807) is 19.1 Å². The fraction of sp³-hybridized carbons (Fsp3) is 0.269. The molecule has 0 bridgehead atoms. The second kappa shape index (κ2) is 8.96. The molecule has 0 atom stereocenters.